The number of benzene rings is 1. The van der Waals surface area contributed by atoms with Gasteiger partial charge in [0, 0.05) is 6.42 Å². The van der Waals surface area contributed by atoms with Gasteiger partial charge < -0.3 is 20.7 Å². The van der Waals surface area contributed by atoms with Crippen LogP contribution in [0, 0.1) is 0 Å². The molecule has 0 aliphatic heterocycles. The maximum absolute atomic E-state index is 11.3. The quantitative estimate of drug-likeness (QED) is 0.557. The summed E-state index contributed by atoms with van der Waals surface area (Å²) in [6.45, 7) is 1.54. The van der Waals surface area contributed by atoms with Gasteiger partial charge in [-0.1, -0.05) is 6.07 Å². The van der Waals surface area contributed by atoms with Crippen LogP contribution >= 0.6 is 12.4 Å². The van der Waals surface area contributed by atoms with Gasteiger partial charge in [-0.05, 0) is 24.6 Å². The zero-order valence-electron chi connectivity index (χ0n) is 9.64. The average molecular weight is 262 g/mol. The number of methoxy groups -OCH3 is 1. The van der Waals surface area contributed by atoms with Gasteiger partial charge in [0.2, 0.25) is 0 Å². The highest BCUT2D eigenvalue weighted by atomic mass is 35.5. The molecule has 1 rings (SSSR count). The van der Waals surface area contributed by atoms with Gasteiger partial charge in [-0.2, -0.15) is 0 Å². The zero-order chi connectivity index (χ0) is 12.3. The Morgan fingerprint density at radius 2 is 2.00 bits per heavy atom. The molecule has 4 N–H and O–H groups in total. The Kier molecular flexibility index (Phi) is 5.25. The minimum Gasteiger partial charge on any atom is -0.504 e. The van der Waals surface area contributed by atoms with Crippen LogP contribution in [0.1, 0.15) is 12.5 Å². The van der Waals surface area contributed by atoms with E-state index in [4.69, 9.17) is 10.8 Å². The summed E-state index contributed by atoms with van der Waals surface area (Å²) in [6, 6.07) is 4.30. The summed E-state index contributed by atoms with van der Waals surface area (Å²) in [7, 11) is 1.27. The number of hydrogen-bond acceptors (Lipinski definition) is 5. The summed E-state index contributed by atoms with van der Waals surface area (Å²) in [6.07, 6.45) is 0.216. The van der Waals surface area contributed by atoms with Gasteiger partial charge in [0.15, 0.2) is 11.5 Å². The first-order chi connectivity index (χ1) is 7.36. The number of esters is 1. The highest BCUT2D eigenvalue weighted by Crippen LogP contribution is 2.26. The summed E-state index contributed by atoms with van der Waals surface area (Å²) in [5, 5.41) is 18.4. The van der Waals surface area contributed by atoms with E-state index in [0.29, 0.717) is 5.56 Å². The lowest BCUT2D eigenvalue weighted by Crippen LogP contribution is -2.47. The van der Waals surface area contributed by atoms with Gasteiger partial charge in [0.1, 0.15) is 5.54 Å². The number of nitrogens with two attached hydrogens (primary N) is 1. The molecule has 96 valence electrons. The molecule has 6 heteroatoms. The molecule has 0 fully saturated rings. The lowest BCUT2D eigenvalue weighted by molar-refractivity contribution is -0.146. The Morgan fingerprint density at radius 1 is 1.41 bits per heavy atom. The second-order valence-corrected chi connectivity index (χ2v) is 3.91. The summed E-state index contributed by atoms with van der Waals surface area (Å²) in [4.78, 5) is 11.3. The highest BCUT2D eigenvalue weighted by molar-refractivity contribution is 5.85. The van der Waals surface area contributed by atoms with Gasteiger partial charge in [-0.3, -0.25) is 4.79 Å². The monoisotopic (exact) mass is 261 g/mol. The van der Waals surface area contributed by atoms with E-state index >= 15 is 0 Å². The molecular formula is C11H16ClNO4. The predicted molar refractivity (Wildman–Crippen MR) is 65.3 cm³/mol. The van der Waals surface area contributed by atoms with Crippen molar-refractivity contribution in [3.8, 4) is 11.5 Å². The van der Waals surface area contributed by atoms with E-state index in [1.54, 1.807) is 13.0 Å². The molecule has 0 unspecified atom stereocenters. The Labute approximate surface area is 106 Å². The number of carbonyl (C=O) groups is 1. The minimum absolute atomic E-state index is 0. The zero-order valence-corrected chi connectivity index (χ0v) is 10.5. The number of aromatic hydroxyl groups is 2. The number of ether oxygens (including phenoxy) is 1. The molecule has 0 heterocycles. The maximum Gasteiger partial charge on any atom is 0.325 e. The van der Waals surface area contributed by atoms with Crippen molar-refractivity contribution in [1.82, 2.24) is 0 Å². The van der Waals surface area contributed by atoms with Crippen molar-refractivity contribution >= 4 is 18.4 Å². The third kappa shape index (κ3) is 3.80. The molecule has 0 aliphatic rings. The van der Waals surface area contributed by atoms with Crippen LogP contribution in [0.15, 0.2) is 18.2 Å². The molecule has 0 radical (unpaired) electrons. The number of carbonyl (C=O) groups excluding carboxylic acids is 1. The summed E-state index contributed by atoms with van der Waals surface area (Å²) in [5.74, 6) is -0.973. The van der Waals surface area contributed by atoms with E-state index in [1.807, 2.05) is 0 Å². The molecular weight excluding hydrogens is 246 g/mol. The smallest absolute Gasteiger partial charge is 0.325 e. The van der Waals surface area contributed by atoms with Gasteiger partial charge in [0.25, 0.3) is 0 Å². The third-order valence-electron chi connectivity index (χ3n) is 2.26. The molecule has 0 saturated carbocycles. The van der Waals surface area contributed by atoms with Crippen LogP contribution in [-0.4, -0.2) is 28.8 Å². The third-order valence-corrected chi connectivity index (χ3v) is 2.26. The van der Waals surface area contributed by atoms with Crippen molar-refractivity contribution < 1.29 is 19.7 Å². The number of hydrogen-bond donors (Lipinski definition) is 3. The Hall–Kier alpha value is -1.46. The standard InChI is InChI=1S/C11H15NO4.ClH/c1-11(12,10(15)16-2)6-7-3-4-8(13)9(14)5-7;/h3-5,13-14H,6,12H2,1-2H3;1H/t11-;/m0./s1. The van der Waals surface area contributed by atoms with E-state index < -0.39 is 11.5 Å². The van der Waals surface area contributed by atoms with E-state index in [0.717, 1.165) is 0 Å². The lowest BCUT2D eigenvalue weighted by atomic mass is 9.94. The van der Waals surface area contributed by atoms with Crippen LogP contribution in [0.25, 0.3) is 0 Å². The topological polar surface area (TPSA) is 92.8 Å². The van der Waals surface area contributed by atoms with Crippen molar-refractivity contribution in [2.75, 3.05) is 7.11 Å². The number of rotatable bonds is 3. The SMILES string of the molecule is COC(=O)[C@@](C)(N)Cc1ccc(O)c(O)c1.Cl. The largest absolute Gasteiger partial charge is 0.504 e. The lowest BCUT2D eigenvalue weighted by Gasteiger charge is -2.21. The van der Waals surface area contributed by atoms with Gasteiger partial charge in [-0.15, -0.1) is 12.4 Å². The van der Waals surface area contributed by atoms with Crippen LogP contribution < -0.4 is 5.73 Å². The van der Waals surface area contributed by atoms with Crippen LogP contribution in [0.4, 0.5) is 0 Å². The van der Waals surface area contributed by atoms with Crippen LogP contribution in [0.3, 0.4) is 0 Å². The Morgan fingerprint density at radius 3 is 2.47 bits per heavy atom. The molecule has 1 aromatic rings. The van der Waals surface area contributed by atoms with Gasteiger partial charge in [0.05, 0.1) is 7.11 Å². The number of phenols is 2. The van der Waals surface area contributed by atoms with Crippen molar-refractivity contribution in [2.45, 2.75) is 18.9 Å². The van der Waals surface area contributed by atoms with Crippen LogP contribution in [0.2, 0.25) is 0 Å². The highest BCUT2D eigenvalue weighted by Gasteiger charge is 2.29. The Bertz CT molecular complexity index is 406. The second kappa shape index (κ2) is 5.75. The fraction of sp³-hybridized carbons (Fsp3) is 0.364. The van der Waals surface area contributed by atoms with E-state index in [1.165, 1.54) is 19.2 Å². The molecule has 0 amide bonds. The molecule has 0 bridgehead atoms. The number of phenolic OH excluding ortho intramolecular Hbond substituents is 2. The Balaban J connectivity index is 0.00000256. The van der Waals surface area contributed by atoms with E-state index in [2.05, 4.69) is 4.74 Å². The first kappa shape index (κ1) is 15.5. The van der Waals surface area contributed by atoms with Crippen LogP contribution in [0.5, 0.6) is 11.5 Å². The van der Waals surface area contributed by atoms with E-state index in [-0.39, 0.29) is 30.3 Å². The first-order valence-corrected chi connectivity index (χ1v) is 4.75. The molecule has 5 nitrogen and oxygen atoms in total. The molecule has 1 atom stereocenters. The first-order valence-electron chi connectivity index (χ1n) is 4.75. The van der Waals surface area contributed by atoms with Gasteiger partial charge >= 0.3 is 5.97 Å². The molecule has 0 aliphatic carbocycles. The summed E-state index contributed by atoms with van der Waals surface area (Å²) >= 11 is 0. The molecule has 0 spiro atoms. The molecule has 0 aromatic heterocycles. The maximum atomic E-state index is 11.3. The van der Waals surface area contributed by atoms with Crippen molar-refractivity contribution in [2.24, 2.45) is 5.73 Å². The minimum atomic E-state index is -1.15. The number of halogens is 1. The molecule has 0 saturated heterocycles. The molecule has 1 aromatic carbocycles. The van der Waals surface area contributed by atoms with Gasteiger partial charge in [-0.25, -0.2) is 0 Å². The normalized spacial score (nSPS) is 13.4. The van der Waals surface area contributed by atoms with Crippen molar-refractivity contribution in [1.29, 1.82) is 0 Å². The van der Waals surface area contributed by atoms with Crippen molar-refractivity contribution in [3.05, 3.63) is 23.8 Å². The van der Waals surface area contributed by atoms with Crippen molar-refractivity contribution in [3.63, 3.8) is 0 Å². The average Bonchev–Trinajstić information content (AvgIpc) is 2.22. The second-order valence-electron chi connectivity index (χ2n) is 3.91. The summed E-state index contributed by atoms with van der Waals surface area (Å²) in [5.41, 5.74) is 5.26. The van der Waals surface area contributed by atoms with Crippen LogP contribution in [-0.2, 0) is 16.0 Å². The fourth-order valence-corrected chi connectivity index (χ4v) is 1.41. The van der Waals surface area contributed by atoms with E-state index in [9.17, 15) is 9.90 Å². The summed E-state index contributed by atoms with van der Waals surface area (Å²) < 4.78 is 4.57. The molecule has 17 heavy (non-hydrogen) atoms. The predicted octanol–water partition coefficient (Wildman–Crippen LogP) is 0.952. The fourth-order valence-electron chi connectivity index (χ4n) is 1.41.